The van der Waals surface area contributed by atoms with Crippen LogP contribution in [-0.4, -0.2) is 27.1 Å². The summed E-state index contributed by atoms with van der Waals surface area (Å²) in [6, 6.07) is 12.7. The molecule has 0 aromatic heterocycles. The van der Waals surface area contributed by atoms with E-state index in [1.807, 2.05) is 13.0 Å². The van der Waals surface area contributed by atoms with Gasteiger partial charge in [-0.05, 0) is 61.2 Å². The fourth-order valence-electron chi connectivity index (χ4n) is 2.97. The molecule has 6 heteroatoms. The summed E-state index contributed by atoms with van der Waals surface area (Å²) < 4.78 is 25.1. The Morgan fingerprint density at radius 3 is 2.29 bits per heavy atom. The maximum atomic E-state index is 12.7. The molecule has 0 radical (unpaired) electrons. The van der Waals surface area contributed by atoms with Gasteiger partial charge in [-0.2, -0.15) is 0 Å². The third kappa shape index (κ3) is 5.23. The maximum Gasteiger partial charge on any atom is 0.251 e. The van der Waals surface area contributed by atoms with Crippen molar-refractivity contribution < 1.29 is 13.2 Å². The number of carbonyl (C=O) groups is 1. The lowest BCUT2D eigenvalue weighted by molar-refractivity contribution is 0.0935. The summed E-state index contributed by atoms with van der Waals surface area (Å²) in [6.45, 7) is 9.92. The van der Waals surface area contributed by atoms with E-state index in [0.717, 1.165) is 18.2 Å². The highest BCUT2D eigenvalue weighted by Gasteiger charge is 2.18. The van der Waals surface area contributed by atoms with E-state index in [9.17, 15) is 13.2 Å². The van der Waals surface area contributed by atoms with Gasteiger partial charge in [-0.25, -0.2) is 8.42 Å². The highest BCUT2D eigenvalue weighted by atomic mass is 32.2. The second-order valence-corrected chi connectivity index (χ2v) is 8.81. The van der Waals surface area contributed by atoms with E-state index in [2.05, 4.69) is 37.9 Å². The lowest BCUT2D eigenvalue weighted by Crippen LogP contribution is -2.30. The van der Waals surface area contributed by atoms with Gasteiger partial charge in [0.15, 0.2) is 0 Å². The van der Waals surface area contributed by atoms with E-state index in [0.29, 0.717) is 11.3 Å². The number of sulfonamides is 1. The van der Waals surface area contributed by atoms with Crippen LogP contribution in [0.5, 0.6) is 0 Å². The van der Waals surface area contributed by atoms with Gasteiger partial charge in [-0.15, -0.1) is 6.58 Å². The SMILES string of the molecule is C=CCN(c1ccc(C(=O)N[C@@H](CC)c2ccc(C)c(C)c2)cc1)S(C)(=O)=O. The fraction of sp³-hybridized carbons (Fsp3) is 0.318. The van der Waals surface area contributed by atoms with Crippen LogP contribution in [0.15, 0.2) is 55.1 Å². The Morgan fingerprint density at radius 1 is 1.14 bits per heavy atom. The molecule has 2 aromatic rings. The number of amides is 1. The van der Waals surface area contributed by atoms with E-state index >= 15 is 0 Å². The average molecular weight is 401 g/mol. The van der Waals surface area contributed by atoms with Crippen LogP contribution in [-0.2, 0) is 10.0 Å². The largest absolute Gasteiger partial charge is 0.345 e. The van der Waals surface area contributed by atoms with Gasteiger partial charge in [0.25, 0.3) is 5.91 Å². The zero-order chi connectivity index (χ0) is 20.9. The van der Waals surface area contributed by atoms with Gasteiger partial charge < -0.3 is 5.32 Å². The van der Waals surface area contributed by atoms with Gasteiger partial charge in [0.05, 0.1) is 24.5 Å². The second kappa shape index (κ2) is 9.06. The molecule has 28 heavy (non-hydrogen) atoms. The van der Waals surface area contributed by atoms with Crippen molar-refractivity contribution in [3.63, 3.8) is 0 Å². The minimum absolute atomic E-state index is 0.0836. The van der Waals surface area contributed by atoms with E-state index in [-0.39, 0.29) is 18.5 Å². The molecule has 2 rings (SSSR count). The van der Waals surface area contributed by atoms with Gasteiger partial charge in [-0.3, -0.25) is 9.10 Å². The first-order chi connectivity index (χ1) is 13.2. The first kappa shape index (κ1) is 21.7. The predicted molar refractivity (Wildman–Crippen MR) is 115 cm³/mol. The number of benzene rings is 2. The molecule has 0 fully saturated rings. The Balaban J connectivity index is 2.19. The summed E-state index contributed by atoms with van der Waals surface area (Å²) >= 11 is 0. The lowest BCUT2D eigenvalue weighted by atomic mass is 9.99. The number of rotatable bonds is 8. The fourth-order valence-corrected chi connectivity index (χ4v) is 3.85. The zero-order valence-corrected chi connectivity index (χ0v) is 17.7. The molecule has 0 saturated heterocycles. The van der Waals surface area contributed by atoms with Crippen LogP contribution in [0.3, 0.4) is 0 Å². The van der Waals surface area contributed by atoms with Gasteiger partial charge in [0.2, 0.25) is 10.0 Å². The summed E-state index contributed by atoms with van der Waals surface area (Å²) in [7, 11) is -3.42. The van der Waals surface area contributed by atoms with E-state index in [1.165, 1.54) is 21.5 Å². The molecule has 150 valence electrons. The maximum absolute atomic E-state index is 12.7. The Hall–Kier alpha value is -2.60. The first-order valence-electron chi connectivity index (χ1n) is 9.24. The third-order valence-electron chi connectivity index (χ3n) is 4.76. The third-order valence-corrected chi connectivity index (χ3v) is 5.92. The van der Waals surface area contributed by atoms with Crippen molar-refractivity contribution in [2.24, 2.45) is 0 Å². The number of aryl methyl sites for hydroxylation is 2. The van der Waals surface area contributed by atoms with Crippen molar-refractivity contribution in [1.29, 1.82) is 0 Å². The van der Waals surface area contributed by atoms with Crippen LogP contribution in [0.4, 0.5) is 5.69 Å². The van der Waals surface area contributed by atoms with Crippen LogP contribution in [0.25, 0.3) is 0 Å². The van der Waals surface area contributed by atoms with Crippen molar-refractivity contribution in [2.75, 3.05) is 17.1 Å². The number of hydrogen-bond acceptors (Lipinski definition) is 3. The van der Waals surface area contributed by atoms with Gasteiger partial charge in [-0.1, -0.05) is 31.2 Å². The molecule has 5 nitrogen and oxygen atoms in total. The van der Waals surface area contributed by atoms with Crippen LogP contribution in [0, 0.1) is 13.8 Å². The number of carbonyl (C=O) groups excluding carboxylic acids is 1. The van der Waals surface area contributed by atoms with Crippen LogP contribution in [0.1, 0.15) is 46.4 Å². The van der Waals surface area contributed by atoms with Crippen molar-refractivity contribution in [3.8, 4) is 0 Å². The van der Waals surface area contributed by atoms with Gasteiger partial charge in [0.1, 0.15) is 0 Å². The number of anilines is 1. The molecule has 1 amide bonds. The molecule has 1 N–H and O–H groups in total. The molecule has 2 aromatic carbocycles. The summed E-state index contributed by atoms with van der Waals surface area (Å²) in [5.41, 5.74) is 4.47. The second-order valence-electron chi connectivity index (χ2n) is 6.91. The lowest BCUT2D eigenvalue weighted by Gasteiger charge is -2.21. The normalized spacial score (nSPS) is 12.3. The summed E-state index contributed by atoms with van der Waals surface area (Å²) in [5.74, 6) is -0.189. The zero-order valence-electron chi connectivity index (χ0n) is 16.9. The summed E-state index contributed by atoms with van der Waals surface area (Å²) in [6.07, 6.45) is 3.44. The Kier molecular flexibility index (Phi) is 7.02. The predicted octanol–water partition coefficient (Wildman–Crippen LogP) is 4.14. The Morgan fingerprint density at radius 2 is 1.79 bits per heavy atom. The van der Waals surface area contributed by atoms with Crippen LogP contribution in [0.2, 0.25) is 0 Å². The van der Waals surface area contributed by atoms with E-state index in [4.69, 9.17) is 0 Å². The summed E-state index contributed by atoms with van der Waals surface area (Å²) in [5, 5.41) is 3.06. The van der Waals surface area contributed by atoms with Crippen LogP contribution >= 0.6 is 0 Å². The molecule has 0 bridgehead atoms. The standard InChI is InChI=1S/C22H28N2O3S/c1-6-14-24(28(5,26)27)20-12-10-18(11-13-20)22(25)23-21(7-2)19-9-8-16(3)17(4)15-19/h6,8-13,15,21H,1,7,14H2,2-5H3,(H,23,25)/t21-/m0/s1. The molecule has 0 aliphatic rings. The highest BCUT2D eigenvalue weighted by molar-refractivity contribution is 7.92. The van der Waals surface area contributed by atoms with Gasteiger partial charge in [0, 0.05) is 5.56 Å². The molecule has 1 atom stereocenters. The number of nitrogens with one attached hydrogen (secondary N) is 1. The highest BCUT2D eigenvalue weighted by Crippen LogP contribution is 2.22. The Bertz CT molecular complexity index is 950. The molecule has 0 heterocycles. The van der Waals surface area contributed by atoms with E-state index in [1.54, 1.807) is 24.3 Å². The minimum Gasteiger partial charge on any atom is -0.345 e. The molecule has 0 spiro atoms. The van der Waals surface area contributed by atoms with Crippen molar-refractivity contribution in [2.45, 2.75) is 33.2 Å². The number of nitrogens with zero attached hydrogens (tertiary/aromatic N) is 1. The molecule has 0 unspecified atom stereocenters. The monoisotopic (exact) mass is 400 g/mol. The van der Waals surface area contributed by atoms with Crippen molar-refractivity contribution >= 4 is 21.6 Å². The molecular weight excluding hydrogens is 372 g/mol. The smallest absolute Gasteiger partial charge is 0.251 e. The molecule has 0 aliphatic heterocycles. The molecule has 0 aliphatic carbocycles. The minimum atomic E-state index is -3.42. The molecular formula is C22H28N2O3S. The molecule has 0 saturated carbocycles. The van der Waals surface area contributed by atoms with Gasteiger partial charge >= 0.3 is 0 Å². The Labute approximate surface area is 168 Å². The quantitative estimate of drug-likeness (QED) is 0.677. The van der Waals surface area contributed by atoms with Crippen molar-refractivity contribution in [1.82, 2.24) is 5.32 Å². The summed E-state index contributed by atoms with van der Waals surface area (Å²) in [4.78, 5) is 12.7. The topological polar surface area (TPSA) is 66.5 Å². The number of hydrogen-bond donors (Lipinski definition) is 1. The van der Waals surface area contributed by atoms with E-state index < -0.39 is 10.0 Å². The van der Waals surface area contributed by atoms with Crippen LogP contribution < -0.4 is 9.62 Å². The van der Waals surface area contributed by atoms with Crippen molar-refractivity contribution in [3.05, 3.63) is 77.4 Å². The average Bonchev–Trinajstić information content (AvgIpc) is 2.65. The first-order valence-corrected chi connectivity index (χ1v) is 11.1.